The van der Waals surface area contributed by atoms with Crippen molar-refractivity contribution in [3.63, 3.8) is 0 Å². The lowest BCUT2D eigenvalue weighted by molar-refractivity contribution is 0.198. The Labute approximate surface area is 53.0 Å². The zero-order valence-corrected chi connectivity index (χ0v) is 5.53. The van der Waals surface area contributed by atoms with Gasteiger partial charge in [-0.2, -0.15) is 8.42 Å². The minimum atomic E-state index is -4.33. The molecule has 0 aromatic heterocycles. The van der Waals surface area contributed by atoms with Crippen LogP contribution in [0.25, 0.3) is 0 Å². The van der Waals surface area contributed by atoms with Crippen molar-refractivity contribution in [2.45, 2.75) is 11.7 Å². The third-order valence-corrected chi connectivity index (χ3v) is 2.45. The molecule has 9 heavy (non-hydrogen) atoms. The van der Waals surface area contributed by atoms with Crippen LogP contribution < -0.4 is 0 Å². The molecule has 0 amide bonds. The normalized spacial score (nSPS) is 28.8. The lowest BCUT2D eigenvalue weighted by Gasteiger charge is -1.97. The highest BCUT2D eigenvalue weighted by molar-refractivity contribution is 7.87. The van der Waals surface area contributed by atoms with Crippen LogP contribution >= 0.6 is 0 Å². The summed E-state index contributed by atoms with van der Waals surface area (Å²) < 4.78 is 36.8. The molecule has 1 rings (SSSR count). The summed E-state index contributed by atoms with van der Waals surface area (Å²) in [5.74, 6) is 0. The summed E-state index contributed by atoms with van der Waals surface area (Å²) in [7, 11) is -4.33. The largest absolute Gasteiger partial charge is 0.380 e. The molecule has 1 heterocycles. The Morgan fingerprint density at radius 2 is 2.22 bits per heavy atom. The molecule has 0 aromatic rings. The molecule has 54 valence electrons. The van der Waals surface area contributed by atoms with Crippen LogP contribution in [0.15, 0.2) is 0 Å². The van der Waals surface area contributed by atoms with Crippen molar-refractivity contribution < 1.29 is 17.0 Å². The molecule has 1 fully saturated rings. The van der Waals surface area contributed by atoms with Crippen LogP contribution in [0.3, 0.4) is 0 Å². The maximum atomic E-state index is 12.0. The van der Waals surface area contributed by atoms with Gasteiger partial charge in [-0.15, -0.1) is 3.89 Å². The maximum absolute atomic E-state index is 12.0. The second-order valence-electron chi connectivity index (χ2n) is 1.96. The highest BCUT2D eigenvalue weighted by Crippen LogP contribution is 2.14. The molecule has 0 saturated carbocycles. The van der Waals surface area contributed by atoms with E-state index in [1.807, 2.05) is 0 Å². The standard InChI is InChI=1S/C4H7FO3S/c5-9(6,7)4-1-2-8-3-4/h4H,1-3H2. The van der Waals surface area contributed by atoms with E-state index in [9.17, 15) is 12.3 Å². The van der Waals surface area contributed by atoms with Gasteiger partial charge < -0.3 is 4.74 Å². The van der Waals surface area contributed by atoms with Gasteiger partial charge >= 0.3 is 10.2 Å². The van der Waals surface area contributed by atoms with Crippen molar-refractivity contribution in [2.24, 2.45) is 0 Å². The van der Waals surface area contributed by atoms with Gasteiger partial charge in [0.1, 0.15) is 5.25 Å². The zero-order valence-electron chi connectivity index (χ0n) is 4.71. The Kier molecular flexibility index (Phi) is 1.72. The molecule has 0 radical (unpaired) electrons. The minimum absolute atomic E-state index is 0.0127. The van der Waals surface area contributed by atoms with Gasteiger partial charge in [-0.3, -0.25) is 0 Å². The van der Waals surface area contributed by atoms with Crippen molar-refractivity contribution in [2.75, 3.05) is 13.2 Å². The van der Waals surface area contributed by atoms with Crippen molar-refractivity contribution >= 4 is 10.2 Å². The molecule has 0 bridgehead atoms. The quantitative estimate of drug-likeness (QED) is 0.502. The monoisotopic (exact) mass is 154 g/mol. The second kappa shape index (κ2) is 2.22. The molecule has 1 saturated heterocycles. The Balaban J connectivity index is 2.63. The first-order valence-corrected chi connectivity index (χ1v) is 4.06. The first-order chi connectivity index (χ1) is 4.11. The van der Waals surface area contributed by atoms with Gasteiger partial charge in [-0.25, -0.2) is 0 Å². The lowest BCUT2D eigenvalue weighted by atomic mass is 10.4. The van der Waals surface area contributed by atoms with Crippen LogP contribution in [0.4, 0.5) is 3.89 Å². The van der Waals surface area contributed by atoms with Crippen LogP contribution in [0.2, 0.25) is 0 Å². The smallest absolute Gasteiger partial charge is 0.307 e. The summed E-state index contributed by atoms with van der Waals surface area (Å²) in [4.78, 5) is 0. The number of rotatable bonds is 1. The highest BCUT2D eigenvalue weighted by Gasteiger charge is 2.28. The average Bonchev–Trinajstić information content (AvgIpc) is 2.08. The van der Waals surface area contributed by atoms with E-state index in [0.29, 0.717) is 13.0 Å². The maximum Gasteiger partial charge on any atom is 0.307 e. The molecular formula is C4H7FO3S. The molecule has 0 aromatic carbocycles. The van der Waals surface area contributed by atoms with Gasteiger partial charge in [0, 0.05) is 6.61 Å². The molecule has 3 nitrogen and oxygen atoms in total. The summed E-state index contributed by atoms with van der Waals surface area (Å²) in [6.45, 7) is 0.368. The summed E-state index contributed by atoms with van der Waals surface area (Å²) >= 11 is 0. The average molecular weight is 154 g/mol. The van der Waals surface area contributed by atoms with E-state index in [-0.39, 0.29) is 6.61 Å². The topological polar surface area (TPSA) is 43.4 Å². The van der Waals surface area contributed by atoms with Crippen LogP contribution in [0.5, 0.6) is 0 Å². The van der Waals surface area contributed by atoms with Crippen LogP contribution in [0, 0.1) is 0 Å². The molecule has 1 atom stereocenters. The lowest BCUT2D eigenvalue weighted by Crippen LogP contribution is -2.15. The van der Waals surface area contributed by atoms with E-state index in [1.54, 1.807) is 0 Å². The first kappa shape index (κ1) is 6.95. The molecule has 1 aliphatic heterocycles. The Bertz CT molecular complexity index is 180. The van der Waals surface area contributed by atoms with Gasteiger partial charge in [-0.1, -0.05) is 0 Å². The van der Waals surface area contributed by atoms with Crippen molar-refractivity contribution in [3.05, 3.63) is 0 Å². The highest BCUT2D eigenvalue weighted by atomic mass is 32.3. The summed E-state index contributed by atoms with van der Waals surface area (Å²) in [5, 5.41) is -0.905. The number of hydrogen-bond acceptors (Lipinski definition) is 3. The van der Waals surface area contributed by atoms with Crippen molar-refractivity contribution in [3.8, 4) is 0 Å². The molecule has 0 N–H and O–H groups in total. The van der Waals surface area contributed by atoms with Crippen LogP contribution in [0.1, 0.15) is 6.42 Å². The molecular weight excluding hydrogens is 147 g/mol. The SMILES string of the molecule is O=S(=O)(F)C1CCOC1. The van der Waals surface area contributed by atoms with E-state index in [0.717, 1.165) is 0 Å². The van der Waals surface area contributed by atoms with E-state index >= 15 is 0 Å². The van der Waals surface area contributed by atoms with Gasteiger partial charge in [0.2, 0.25) is 0 Å². The van der Waals surface area contributed by atoms with E-state index in [1.165, 1.54) is 0 Å². The second-order valence-corrected chi connectivity index (χ2v) is 3.58. The minimum Gasteiger partial charge on any atom is -0.380 e. The van der Waals surface area contributed by atoms with E-state index < -0.39 is 15.5 Å². The van der Waals surface area contributed by atoms with Crippen LogP contribution in [-0.4, -0.2) is 26.9 Å². The Morgan fingerprint density at radius 3 is 2.44 bits per heavy atom. The van der Waals surface area contributed by atoms with E-state index in [2.05, 4.69) is 4.74 Å². The fraction of sp³-hybridized carbons (Fsp3) is 1.00. The summed E-state index contributed by atoms with van der Waals surface area (Å²) in [6, 6.07) is 0. The van der Waals surface area contributed by atoms with Gasteiger partial charge in [0.25, 0.3) is 0 Å². The summed E-state index contributed by atoms with van der Waals surface area (Å²) in [5.41, 5.74) is 0. The number of ether oxygens (including phenoxy) is 1. The molecule has 0 aliphatic carbocycles. The molecule has 1 aliphatic rings. The fourth-order valence-corrected chi connectivity index (χ4v) is 1.37. The first-order valence-electron chi connectivity index (χ1n) is 2.62. The number of hydrogen-bond donors (Lipinski definition) is 0. The van der Waals surface area contributed by atoms with Gasteiger partial charge in [0.15, 0.2) is 0 Å². The number of halogens is 1. The third kappa shape index (κ3) is 1.62. The predicted octanol–water partition coefficient (Wildman–Crippen LogP) is 0.0746. The van der Waals surface area contributed by atoms with Crippen molar-refractivity contribution in [1.29, 1.82) is 0 Å². The zero-order chi connectivity index (χ0) is 6.91. The van der Waals surface area contributed by atoms with Gasteiger partial charge in [-0.05, 0) is 6.42 Å². The van der Waals surface area contributed by atoms with Crippen LogP contribution in [-0.2, 0) is 15.0 Å². The van der Waals surface area contributed by atoms with Crippen molar-refractivity contribution in [1.82, 2.24) is 0 Å². The Hall–Kier alpha value is -0.160. The third-order valence-electron chi connectivity index (χ3n) is 1.29. The molecule has 5 heteroatoms. The van der Waals surface area contributed by atoms with Gasteiger partial charge in [0.05, 0.1) is 6.61 Å². The molecule has 0 spiro atoms. The van der Waals surface area contributed by atoms with E-state index in [4.69, 9.17) is 0 Å². The molecule has 1 unspecified atom stereocenters. The predicted molar refractivity (Wildman–Crippen MR) is 29.3 cm³/mol. The fourth-order valence-electron chi connectivity index (χ4n) is 0.735. The summed E-state index contributed by atoms with van der Waals surface area (Å²) in [6.07, 6.45) is 0.291. The Morgan fingerprint density at radius 1 is 1.56 bits per heavy atom.